The molecule has 3 rings (SSSR count). The van der Waals surface area contributed by atoms with E-state index < -0.39 is 0 Å². The highest BCUT2D eigenvalue weighted by molar-refractivity contribution is 6.30. The molecule has 0 bridgehead atoms. The first-order valence-electron chi connectivity index (χ1n) is 7.98. The maximum Gasteiger partial charge on any atom is 0.0406 e. The molecule has 1 N–H and O–H groups in total. The molecule has 2 atom stereocenters. The van der Waals surface area contributed by atoms with Crippen LogP contribution in [0.15, 0.2) is 24.3 Å². The van der Waals surface area contributed by atoms with Crippen LogP contribution in [0.25, 0.3) is 0 Å². The minimum atomic E-state index is 0.706. The molecule has 0 aromatic heterocycles. The van der Waals surface area contributed by atoms with E-state index in [-0.39, 0.29) is 0 Å². The summed E-state index contributed by atoms with van der Waals surface area (Å²) in [4.78, 5) is 2.70. The minimum Gasteiger partial charge on any atom is -0.311 e. The lowest BCUT2D eigenvalue weighted by Crippen LogP contribution is -2.57. The monoisotopic (exact) mass is 292 g/mol. The summed E-state index contributed by atoms with van der Waals surface area (Å²) in [5.41, 5.74) is 1.39. The maximum absolute atomic E-state index is 5.95. The molecule has 1 saturated carbocycles. The van der Waals surface area contributed by atoms with E-state index in [1.54, 1.807) is 0 Å². The Morgan fingerprint density at radius 3 is 2.65 bits per heavy atom. The Morgan fingerprint density at radius 2 is 2.00 bits per heavy atom. The average molecular weight is 293 g/mol. The summed E-state index contributed by atoms with van der Waals surface area (Å²) >= 11 is 5.95. The SMILES string of the molecule is CCC1CNC(C2CC2)CN1CCc1ccc(Cl)cc1. The van der Waals surface area contributed by atoms with E-state index in [9.17, 15) is 0 Å². The molecule has 2 nitrogen and oxygen atoms in total. The third-order valence-corrected chi connectivity index (χ3v) is 5.08. The van der Waals surface area contributed by atoms with E-state index in [1.165, 1.54) is 37.9 Å². The topological polar surface area (TPSA) is 15.3 Å². The first kappa shape index (κ1) is 14.4. The zero-order chi connectivity index (χ0) is 13.9. The summed E-state index contributed by atoms with van der Waals surface area (Å²) in [6.45, 7) is 5.87. The Morgan fingerprint density at radius 1 is 1.25 bits per heavy atom. The summed E-state index contributed by atoms with van der Waals surface area (Å²) in [6.07, 6.45) is 5.23. The van der Waals surface area contributed by atoms with Crippen molar-refractivity contribution in [2.24, 2.45) is 5.92 Å². The van der Waals surface area contributed by atoms with E-state index in [2.05, 4.69) is 29.3 Å². The van der Waals surface area contributed by atoms with Crippen molar-refractivity contribution in [3.63, 3.8) is 0 Å². The van der Waals surface area contributed by atoms with Crippen LogP contribution in [0.5, 0.6) is 0 Å². The normalized spacial score (nSPS) is 27.7. The van der Waals surface area contributed by atoms with E-state index >= 15 is 0 Å². The number of halogens is 1. The lowest BCUT2D eigenvalue weighted by atomic mass is 10.0. The second-order valence-corrected chi connectivity index (χ2v) is 6.72. The summed E-state index contributed by atoms with van der Waals surface area (Å²) in [6, 6.07) is 9.76. The lowest BCUT2D eigenvalue weighted by molar-refractivity contribution is 0.120. The molecular formula is C17H25ClN2. The zero-order valence-corrected chi connectivity index (χ0v) is 13.1. The Kier molecular flexibility index (Phi) is 4.65. The molecule has 3 heteroatoms. The van der Waals surface area contributed by atoms with Crippen molar-refractivity contribution in [1.82, 2.24) is 10.2 Å². The number of rotatable bonds is 5. The minimum absolute atomic E-state index is 0.706. The molecule has 2 unspecified atom stereocenters. The standard InChI is InChI=1S/C17H25ClN2/c1-2-16-11-19-17(14-5-6-14)12-20(16)10-9-13-3-7-15(18)8-4-13/h3-4,7-8,14,16-17,19H,2,5-6,9-12H2,1H3. The van der Waals surface area contributed by atoms with Gasteiger partial charge in [-0.15, -0.1) is 0 Å². The van der Waals surface area contributed by atoms with Crippen LogP contribution in [0.2, 0.25) is 5.02 Å². The quantitative estimate of drug-likeness (QED) is 0.895. The van der Waals surface area contributed by atoms with Crippen molar-refractivity contribution in [1.29, 1.82) is 0 Å². The summed E-state index contributed by atoms with van der Waals surface area (Å²) in [5, 5.41) is 4.59. The molecule has 2 fully saturated rings. The molecule has 1 aromatic rings. The fourth-order valence-corrected chi connectivity index (χ4v) is 3.42. The molecule has 1 heterocycles. The van der Waals surface area contributed by atoms with Gasteiger partial charge in [0.05, 0.1) is 0 Å². The number of benzene rings is 1. The highest BCUT2D eigenvalue weighted by atomic mass is 35.5. The fraction of sp³-hybridized carbons (Fsp3) is 0.647. The number of hydrogen-bond acceptors (Lipinski definition) is 2. The van der Waals surface area contributed by atoms with Crippen LogP contribution in [0, 0.1) is 5.92 Å². The van der Waals surface area contributed by atoms with Crippen molar-refractivity contribution in [2.45, 2.75) is 44.7 Å². The Labute approximate surface area is 127 Å². The lowest BCUT2D eigenvalue weighted by Gasteiger charge is -2.40. The number of nitrogens with one attached hydrogen (secondary N) is 1. The van der Waals surface area contributed by atoms with Crippen LogP contribution in [0.3, 0.4) is 0 Å². The van der Waals surface area contributed by atoms with Gasteiger partial charge in [-0.25, -0.2) is 0 Å². The summed E-state index contributed by atoms with van der Waals surface area (Å²) in [5.74, 6) is 0.950. The largest absolute Gasteiger partial charge is 0.311 e. The molecule has 0 spiro atoms. The Balaban J connectivity index is 1.56. The maximum atomic E-state index is 5.95. The molecular weight excluding hydrogens is 268 g/mol. The van der Waals surface area contributed by atoms with E-state index in [0.717, 1.165) is 29.9 Å². The van der Waals surface area contributed by atoms with Gasteiger partial charge in [0.2, 0.25) is 0 Å². The van der Waals surface area contributed by atoms with Crippen LogP contribution in [0.1, 0.15) is 31.7 Å². The fourth-order valence-electron chi connectivity index (χ4n) is 3.30. The first-order valence-corrected chi connectivity index (χ1v) is 8.36. The molecule has 1 aliphatic carbocycles. The van der Waals surface area contributed by atoms with Crippen LogP contribution in [-0.4, -0.2) is 36.6 Å². The van der Waals surface area contributed by atoms with Gasteiger partial charge < -0.3 is 5.32 Å². The third kappa shape index (κ3) is 3.55. The van der Waals surface area contributed by atoms with Gasteiger partial charge in [-0.1, -0.05) is 30.7 Å². The first-order chi connectivity index (χ1) is 9.76. The summed E-state index contributed by atoms with van der Waals surface area (Å²) in [7, 11) is 0. The van der Waals surface area contributed by atoms with Crippen molar-refractivity contribution < 1.29 is 0 Å². The van der Waals surface area contributed by atoms with Crippen molar-refractivity contribution in [3.8, 4) is 0 Å². The average Bonchev–Trinajstić information content (AvgIpc) is 3.31. The van der Waals surface area contributed by atoms with Crippen LogP contribution in [0.4, 0.5) is 0 Å². The highest BCUT2D eigenvalue weighted by Gasteiger charge is 2.36. The molecule has 20 heavy (non-hydrogen) atoms. The number of hydrogen-bond donors (Lipinski definition) is 1. The van der Waals surface area contributed by atoms with Crippen LogP contribution in [-0.2, 0) is 6.42 Å². The van der Waals surface area contributed by atoms with Crippen LogP contribution >= 0.6 is 11.6 Å². The molecule has 1 aliphatic heterocycles. The molecule has 1 aromatic carbocycles. The molecule has 0 amide bonds. The van der Waals surface area contributed by atoms with Gasteiger partial charge in [-0.2, -0.15) is 0 Å². The third-order valence-electron chi connectivity index (χ3n) is 4.83. The van der Waals surface area contributed by atoms with Gasteiger partial charge in [-0.05, 0) is 49.3 Å². The van der Waals surface area contributed by atoms with Gasteiger partial charge >= 0.3 is 0 Å². The van der Waals surface area contributed by atoms with Gasteiger partial charge in [-0.3, -0.25) is 4.90 Å². The molecule has 0 radical (unpaired) electrons. The Hall–Kier alpha value is -0.570. The molecule has 110 valence electrons. The molecule has 1 saturated heterocycles. The predicted molar refractivity (Wildman–Crippen MR) is 85.3 cm³/mol. The van der Waals surface area contributed by atoms with Gasteiger partial charge in [0.15, 0.2) is 0 Å². The van der Waals surface area contributed by atoms with Gasteiger partial charge in [0.1, 0.15) is 0 Å². The summed E-state index contributed by atoms with van der Waals surface area (Å²) < 4.78 is 0. The van der Waals surface area contributed by atoms with Crippen molar-refractivity contribution in [3.05, 3.63) is 34.9 Å². The smallest absolute Gasteiger partial charge is 0.0406 e. The highest BCUT2D eigenvalue weighted by Crippen LogP contribution is 2.34. The van der Waals surface area contributed by atoms with Crippen molar-refractivity contribution >= 4 is 11.6 Å². The van der Waals surface area contributed by atoms with Gasteiger partial charge in [0.25, 0.3) is 0 Å². The second kappa shape index (κ2) is 6.46. The number of nitrogens with zero attached hydrogens (tertiary/aromatic N) is 1. The second-order valence-electron chi connectivity index (χ2n) is 6.29. The van der Waals surface area contributed by atoms with Crippen LogP contribution < -0.4 is 5.32 Å². The van der Waals surface area contributed by atoms with E-state index in [1.807, 2.05) is 12.1 Å². The Bertz CT molecular complexity index is 427. The van der Waals surface area contributed by atoms with Crippen molar-refractivity contribution in [2.75, 3.05) is 19.6 Å². The van der Waals surface area contributed by atoms with Gasteiger partial charge in [0, 0.05) is 36.7 Å². The molecule has 2 aliphatic rings. The predicted octanol–water partition coefficient (Wildman–Crippen LogP) is 3.34. The van der Waals surface area contributed by atoms with E-state index in [4.69, 9.17) is 11.6 Å². The zero-order valence-electron chi connectivity index (χ0n) is 12.3. The number of piperazine rings is 1. The van der Waals surface area contributed by atoms with E-state index in [0.29, 0.717) is 6.04 Å².